The lowest BCUT2D eigenvalue weighted by atomic mass is 10.2. The molecule has 27 heavy (non-hydrogen) atoms. The predicted molar refractivity (Wildman–Crippen MR) is 89.6 cm³/mol. The predicted octanol–water partition coefficient (Wildman–Crippen LogP) is 3.60. The van der Waals surface area contributed by atoms with Gasteiger partial charge in [-0.1, -0.05) is 0 Å². The van der Waals surface area contributed by atoms with Crippen LogP contribution < -0.4 is 9.47 Å². The number of piperidine rings is 1. The van der Waals surface area contributed by atoms with Gasteiger partial charge < -0.3 is 19.1 Å². The molecule has 1 aromatic heterocycles. The summed E-state index contributed by atoms with van der Waals surface area (Å²) in [7, 11) is 1.27. The second-order valence-electron chi connectivity index (χ2n) is 7.92. The fraction of sp³-hybridized carbons (Fsp3) is 0.667. The Balaban J connectivity index is 1.52. The first-order valence-corrected chi connectivity index (χ1v) is 8.71. The SMILES string of the molecule is COc1cc(C(F)(F)F)cnc1OC[C@@H]1[C@H]2CN(C(=O)OC(C)(C)C)C[C@@H]12. The first-order valence-electron chi connectivity index (χ1n) is 8.71. The van der Waals surface area contributed by atoms with Crippen molar-refractivity contribution in [3.63, 3.8) is 0 Å². The minimum absolute atomic E-state index is 0.0412. The van der Waals surface area contributed by atoms with Crippen molar-refractivity contribution in [2.45, 2.75) is 32.5 Å². The van der Waals surface area contributed by atoms with Gasteiger partial charge in [-0.25, -0.2) is 9.78 Å². The quantitative estimate of drug-likeness (QED) is 0.789. The fourth-order valence-corrected chi connectivity index (χ4v) is 3.39. The molecule has 3 atom stereocenters. The Kier molecular flexibility index (Phi) is 4.90. The van der Waals surface area contributed by atoms with Crippen molar-refractivity contribution in [3.05, 3.63) is 17.8 Å². The van der Waals surface area contributed by atoms with E-state index in [-0.39, 0.29) is 23.6 Å². The molecule has 0 N–H and O–H groups in total. The van der Waals surface area contributed by atoms with E-state index >= 15 is 0 Å². The van der Waals surface area contributed by atoms with Gasteiger partial charge in [0.05, 0.1) is 19.3 Å². The summed E-state index contributed by atoms with van der Waals surface area (Å²) in [5, 5.41) is 0. The van der Waals surface area contributed by atoms with Gasteiger partial charge in [0.1, 0.15) is 5.60 Å². The van der Waals surface area contributed by atoms with Gasteiger partial charge in [0, 0.05) is 25.2 Å². The minimum atomic E-state index is -4.49. The number of carbonyl (C=O) groups is 1. The molecule has 2 heterocycles. The molecule has 0 bridgehead atoms. The van der Waals surface area contributed by atoms with Crippen LogP contribution in [-0.2, 0) is 10.9 Å². The average Bonchev–Trinajstić information content (AvgIpc) is 2.99. The zero-order valence-electron chi connectivity index (χ0n) is 15.7. The summed E-state index contributed by atoms with van der Waals surface area (Å²) in [6.45, 7) is 7.00. The Labute approximate surface area is 155 Å². The molecular weight excluding hydrogens is 365 g/mol. The number of hydrogen-bond donors (Lipinski definition) is 0. The van der Waals surface area contributed by atoms with Crippen LogP contribution in [0.4, 0.5) is 18.0 Å². The van der Waals surface area contributed by atoms with Crippen LogP contribution in [-0.4, -0.2) is 48.4 Å². The molecule has 1 aromatic rings. The number of nitrogens with zero attached hydrogens (tertiary/aromatic N) is 2. The van der Waals surface area contributed by atoms with Crippen molar-refractivity contribution in [2.75, 3.05) is 26.8 Å². The lowest BCUT2D eigenvalue weighted by Gasteiger charge is -2.25. The highest BCUT2D eigenvalue weighted by molar-refractivity contribution is 5.69. The van der Waals surface area contributed by atoms with Crippen LogP contribution in [0.25, 0.3) is 0 Å². The number of rotatable bonds is 4. The smallest absolute Gasteiger partial charge is 0.418 e. The summed E-state index contributed by atoms with van der Waals surface area (Å²) in [6, 6.07) is 0.875. The molecule has 0 spiro atoms. The standard InChI is InChI=1S/C18H23F3N2O4/c1-17(2,3)27-16(24)23-7-11-12(8-23)13(11)9-26-15-14(25-4)5-10(6-22-15)18(19,20)21/h5-6,11-13H,7-9H2,1-4H3/t11-,12+,13+. The van der Waals surface area contributed by atoms with Gasteiger partial charge in [-0.2, -0.15) is 13.2 Å². The molecule has 2 aliphatic rings. The molecule has 0 aromatic carbocycles. The number of aromatic nitrogens is 1. The third-order valence-corrected chi connectivity index (χ3v) is 4.80. The van der Waals surface area contributed by atoms with Crippen molar-refractivity contribution in [2.24, 2.45) is 17.8 Å². The topological polar surface area (TPSA) is 60.9 Å². The van der Waals surface area contributed by atoms with Crippen LogP contribution >= 0.6 is 0 Å². The zero-order valence-corrected chi connectivity index (χ0v) is 15.7. The number of methoxy groups -OCH3 is 1. The largest absolute Gasteiger partial charge is 0.491 e. The first kappa shape index (κ1) is 19.6. The van der Waals surface area contributed by atoms with E-state index in [0.29, 0.717) is 31.5 Å². The Hall–Kier alpha value is -2.19. The number of fused-ring (bicyclic) bond motifs is 1. The molecule has 6 nitrogen and oxygen atoms in total. The monoisotopic (exact) mass is 388 g/mol. The van der Waals surface area contributed by atoms with Gasteiger partial charge in [0.2, 0.25) is 0 Å². The number of halogens is 3. The maximum Gasteiger partial charge on any atom is 0.418 e. The third kappa shape index (κ3) is 4.39. The van der Waals surface area contributed by atoms with Crippen LogP contribution in [0.2, 0.25) is 0 Å². The normalized spacial score (nSPS) is 24.4. The van der Waals surface area contributed by atoms with Crippen LogP contribution in [0.3, 0.4) is 0 Å². The fourth-order valence-electron chi connectivity index (χ4n) is 3.39. The van der Waals surface area contributed by atoms with Gasteiger partial charge in [0.25, 0.3) is 5.88 Å². The van der Waals surface area contributed by atoms with Crippen molar-refractivity contribution < 1.29 is 32.2 Å². The number of hydrogen-bond acceptors (Lipinski definition) is 5. The number of alkyl halides is 3. The summed E-state index contributed by atoms with van der Waals surface area (Å²) < 4.78 is 54.1. The van der Waals surface area contributed by atoms with E-state index in [9.17, 15) is 18.0 Å². The van der Waals surface area contributed by atoms with Crippen LogP contribution in [0, 0.1) is 17.8 Å². The Morgan fingerprint density at radius 2 is 1.89 bits per heavy atom. The first-order chi connectivity index (χ1) is 12.5. The van der Waals surface area contributed by atoms with Gasteiger partial charge in [0.15, 0.2) is 5.75 Å². The summed E-state index contributed by atoms with van der Waals surface area (Å²) in [4.78, 5) is 17.5. The molecule has 1 aliphatic carbocycles. The van der Waals surface area contributed by atoms with E-state index in [1.165, 1.54) is 7.11 Å². The number of amides is 1. The third-order valence-electron chi connectivity index (χ3n) is 4.80. The highest BCUT2D eigenvalue weighted by atomic mass is 19.4. The average molecular weight is 388 g/mol. The molecule has 0 unspecified atom stereocenters. The Morgan fingerprint density at radius 1 is 1.26 bits per heavy atom. The van der Waals surface area contributed by atoms with Crippen molar-refractivity contribution in [3.8, 4) is 11.6 Å². The molecule has 9 heteroatoms. The highest BCUT2D eigenvalue weighted by Crippen LogP contribution is 2.52. The Bertz CT molecular complexity index is 706. The van der Waals surface area contributed by atoms with E-state index in [1.807, 2.05) is 20.8 Å². The van der Waals surface area contributed by atoms with Crippen LogP contribution in [0.5, 0.6) is 11.6 Å². The van der Waals surface area contributed by atoms with E-state index in [2.05, 4.69) is 4.98 Å². The van der Waals surface area contributed by atoms with Crippen LogP contribution in [0.15, 0.2) is 12.3 Å². The second-order valence-corrected chi connectivity index (χ2v) is 7.92. The van der Waals surface area contributed by atoms with Crippen molar-refractivity contribution in [1.82, 2.24) is 9.88 Å². The van der Waals surface area contributed by atoms with Crippen molar-refractivity contribution >= 4 is 6.09 Å². The van der Waals surface area contributed by atoms with E-state index in [1.54, 1.807) is 4.90 Å². The molecular formula is C18H23F3N2O4. The zero-order chi connectivity index (χ0) is 20.0. The molecule has 1 aliphatic heterocycles. The molecule has 1 amide bonds. The van der Waals surface area contributed by atoms with Crippen molar-refractivity contribution in [1.29, 1.82) is 0 Å². The molecule has 2 fully saturated rings. The minimum Gasteiger partial charge on any atom is -0.491 e. The maximum atomic E-state index is 12.7. The second kappa shape index (κ2) is 6.76. The molecule has 3 rings (SSSR count). The molecule has 1 saturated carbocycles. The Morgan fingerprint density at radius 3 is 2.41 bits per heavy atom. The van der Waals surface area contributed by atoms with Gasteiger partial charge in [-0.3, -0.25) is 0 Å². The summed E-state index contributed by atoms with van der Waals surface area (Å²) >= 11 is 0. The van der Waals surface area contributed by atoms with Gasteiger partial charge in [-0.15, -0.1) is 0 Å². The summed E-state index contributed by atoms with van der Waals surface area (Å²) in [6.07, 6.45) is -4.08. The number of ether oxygens (including phenoxy) is 3. The number of carbonyl (C=O) groups excluding carboxylic acids is 1. The number of pyridine rings is 1. The lowest BCUT2D eigenvalue weighted by molar-refractivity contribution is -0.138. The van der Waals surface area contributed by atoms with E-state index in [0.717, 1.165) is 12.3 Å². The number of likely N-dealkylation sites (tertiary alicyclic amines) is 1. The van der Waals surface area contributed by atoms with Gasteiger partial charge in [-0.05, 0) is 38.7 Å². The molecule has 150 valence electrons. The van der Waals surface area contributed by atoms with Crippen LogP contribution in [0.1, 0.15) is 26.3 Å². The highest BCUT2D eigenvalue weighted by Gasteiger charge is 2.57. The maximum absolute atomic E-state index is 12.7. The molecule has 0 radical (unpaired) electrons. The van der Waals surface area contributed by atoms with Gasteiger partial charge >= 0.3 is 12.3 Å². The van der Waals surface area contributed by atoms with E-state index < -0.39 is 17.3 Å². The molecule has 1 saturated heterocycles. The lowest BCUT2D eigenvalue weighted by Crippen LogP contribution is -2.37. The van der Waals surface area contributed by atoms with E-state index in [4.69, 9.17) is 14.2 Å². The summed E-state index contributed by atoms with van der Waals surface area (Å²) in [5.74, 6) is 0.874. The summed E-state index contributed by atoms with van der Waals surface area (Å²) in [5.41, 5.74) is -1.42.